The van der Waals surface area contributed by atoms with Gasteiger partial charge >= 0.3 is 0 Å². The second kappa shape index (κ2) is 9.29. The molecule has 8 nitrogen and oxygen atoms in total. The molecule has 0 saturated heterocycles. The molecule has 4 N–H and O–H groups in total. The number of carbonyl (C=O) groups excluding carboxylic acids is 1. The molecule has 1 atom stereocenters. The third kappa shape index (κ3) is 4.52. The molecule has 1 aromatic carbocycles. The SMILES string of the molecule is CC(Oc1cccn2c(-c3csc(Nc4ccc(C(=O)Nc5ccccc5N)s4)n3)cnc12)C1CC1. The van der Waals surface area contributed by atoms with E-state index in [2.05, 4.69) is 22.5 Å². The lowest BCUT2D eigenvalue weighted by Gasteiger charge is -2.14. The molecular formula is C26H24N6O2S2. The summed E-state index contributed by atoms with van der Waals surface area (Å²) in [5.74, 6) is 1.23. The van der Waals surface area contributed by atoms with E-state index < -0.39 is 0 Å². The van der Waals surface area contributed by atoms with Gasteiger partial charge in [-0.3, -0.25) is 9.20 Å². The Labute approximate surface area is 215 Å². The second-order valence-corrected chi connectivity index (χ2v) is 10.7. The molecule has 0 aliphatic heterocycles. The predicted molar refractivity (Wildman–Crippen MR) is 146 cm³/mol. The first kappa shape index (κ1) is 22.6. The van der Waals surface area contributed by atoms with Crippen molar-refractivity contribution in [2.45, 2.75) is 25.9 Å². The van der Waals surface area contributed by atoms with Crippen LogP contribution in [0.2, 0.25) is 0 Å². The first-order chi connectivity index (χ1) is 17.5. The van der Waals surface area contributed by atoms with E-state index >= 15 is 0 Å². The fourth-order valence-corrected chi connectivity index (χ4v) is 5.59. The van der Waals surface area contributed by atoms with Gasteiger partial charge in [-0.25, -0.2) is 9.97 Å². The van der Waals surface area contributed by atoms with Gasteiger partial charge in [0.05, 0.1) is 39.2 Å². The number of hydrogen-bond acceptors (Lipinski definition) is 8. The highest BCUT2D eigenvalue weighted by atomic mass is 32.1. The number of imidazole rings is 1. The molecule has 6 rings (SSSR count). The summed E-state index contributed by atoms with van der Waals surface area (Å²) in [5, 5.41) is 9.71. The number of nitrogen functional groups attached to an aromatic ring is 1. The van der Waals surface area contributed by atoms with Gasteiger partial charge < -0.3 is 21.1 Å². The summed E-state index contributed by atoms with van der Waals surface area (Å²) in [7, 11) is 0. The molecule has 4 aromatic heterocycles. The van der Waals surface area contributed by atoms with Crippen molar-refractivity contribution < 1.29 is 9.53 Å². The number of carbonyl (C=O) groups is 1. The van der Waals surface area contributed by atoms with E-state index in [9.17, 15) is 4.79 Å². The van der Waals surface area contributed by atoms with Gasteiger partial charge in [0, 0.05) is 11.6 Å². The molecule has 4 heterocycles. The van der Waals surface area contributed by atoms with E-state index in [1.165, 1.54) is 35.5 Å². The number of thiazole rings is 1. The molecule has 1 amide bonds. The molecule has 5 aromatic rings. The van der Waals surface area contributed by atoms with Crippen LogP contribution in [0.1, 0.15) is 29.4 Å². The average Bonchev–Trinajstić information content (AvgIpc) is 3.24. The Hall–Kier alpha value is -3.89. The van der Waals surface area contributed by atoms with E-state index in [0.29, 0.717) is 22.2 Å². The van der Waals surface area contributed by atoms with Gasteiger partial charge in [-0.15, -0.1) is 22.7 Å². The quantitative estimate of drug-likeness (QED) is 0.210. The van der Waals surface area contributed by atoms with E-state index in [1.54, 1.807) is 18.2 Å². The van der Waals surface area contributed by atoms with Crippen LogP contribution in [0, 0.1) is 5.92 Å². The van der Waals surface area contributed by atoms with E-state index in [-0.39, 0.29) is 12.0 Å². The molecule has 1 aliphatic carbocycles. The number of pyridine rings is 1. The van der Waals surface area contributed by atoms with Gasteiger partial charge in [0.15, 0.2) is 16.5 Å². The minimum absolute atomic E-state index is 0.189. The molecule has 0 radical (unpaired) electrons. The van der Waals surface area contributed by atoms with E-state index in [1.807, 2.05) is 52.5 Å². The normalized spacial score (nSPS) is 14.0. The summed E-state index contributed by atoms with van der Waals surface area (Å²) >= 11 is 2.85. The molecular weight excluding hydrogens is 492 g/mol. The largest absolute Gasteiger partial charge is 0.487 e. The van der Waals surface area contributed by atoms with Crippen LogP contribution in [-0.4, -0.2) is 26.4 Å². The fourth-order valence-electron chi connectivity index (χ4n) is 4.00. The summed E-state index contributed by atoms with van der Waals surface area (Å²) in [4.78, 5) is 22.6. The van der Waals surface area contributed by atoms with Crippen LogP contribution in [-0.2, 0) is 0 Å². The van der Waals surface area contributed by atoms with E-state index in [0.717, 1.165) is 32.9 Å². The van der Waals surface area contributed by atoms with Crippen LogP contribution in [0.4, 0.5) is 21.5 Å². The topological polar surface area (TPSA) is 107 Å². The number of rotatable bonds is 8. The number of nitrogens with one attached hydrogen (secondary N) is 2. The molecule has 0 bridgehead atoms. The van der Waals surface area contributed by atoms with E-state index in [4.69, 9.17) is 15.5 Å². The average molecular weight is 517 g/mol. The lowest BCUT2D eigenvalue weighted by Crippen LogP contribution is -2.14. The van der Waals surface area contributed by atoms with Crippen LogP contribution >= 0.6 is 22.7 Å². The van der Waals surface area contributed by atoms with Gasteiger partial charge in [-0.1, -0.05) is 12.1 Å². The van der Waals surface area contributed by atoms with Crippen LogP contribution in [0.15, 0.2) is 66.3 Å². The highest BCUT2D eigenvalue weighted by Crippen LogP contribution is 2.36. The fraction of sp³-hybridized carbons (Fsp3) is 0.192. The Balaban J connectivity index is 1.17. The molecule has 1 fully saturated rings. The van der Waals surface area contributed by atoms with Gasteiger partial charge in [0.1, 0.15) is 5.69 Å². The minimum atomic E-state index is -0.203. The van der Waals surface area contributed by atoms with Crippen LogP contribution in [0.3, 0.4) is 0 Å². The number of para-hydroxylation sites is 2. The van der Waals surface area contributed by atoms with Gasteiger partial charge in [0.2, 0.25) is 0 Å². The number of aromatic nitrogens is 3. The Morgan fingerprint density at radius 2 is 2.06 bits per heavy atom. The molecule has 36 heavy (non-hydrogen) atoms. The Bertz CT molecular complexity index is 1550. The van der Waals surface area contributed by atoms with Crippen LogP contribution in [0.5, 0.6) is 5.75 Å². The number of nitrogens with zero attached hydrogens (tertiary/aromatic N) is 3. The molecule has 182 valence electrons. The zero-order chi connectivity index (χ0) is 24.6. The number of nitrogens with two attached hydrogens (primary N) is 1. The maximum atomic E-state index is 12.6. The second-order valence-electron chi connectivity index (χ2n) is 8.74. The predicted octanol–water partition coefficient (Wildman–Crippen LogP) is 6.27. The molecule has 0 spiro atoms. The van der Waals surface area contributed by atoms with Crippen molar-refractivity contribution in [2.24, 2.45) is 5.92 Å². The number of thiophene rings is 1. The van der Waals surface area contributed by atoms with Crippen molar-refractivity contribution in [3.05, 3.63) is 71.2 Å². The van der Waals surface area contributed by atoms with Crippen molar-refractivity contribution in [2.75, 3.05) is 16.4 Å². The maximum absolute atomic E-state index is 12.6. The first-order valence-electron chi connectivity index (χ1n) is 11.7. The lowest BCUT2D eigenvalue weighted by atomic mass is 10.2. The maximum Gasteiger partial charge on any atom is 0.265 e. The lowest BCUT2D eigenvalue weighted by molar-refractivity contribution is 0.103. The first-order valence-corrected chi connectivity index (χ1v) is 13.4. The smallest absolute Gasteiger partial charge is 0.265 e. The number of hydrogen-bond donors (Lipinski definition) is 3. The third-order valence-electron chi connectivity index (χ3n) is 6.13. The van der Waals surface area contributed by atoms with Gasteiger partial charge in [-0.05, 0) is 62.1 Å². The minimum Gasteiger partial charge on any atom is -0.487 e. The Kier molecular flexibility index (Phi) is 5.82. The standard InChI is InChI=1S/C26H24N6O2S2/c1-15(16-8-9-16)34-21-7-4-12-32-20(13-28-24(21)32)19-14-35-26(30-19)31-23-11-10-22(36-23)25(33)29-18-6-3-2-5-17(18)27/h2-7,10-16H,8-9,27H2,1H3,(H,29,33)(H,30,31). The van der Waals surface area contributed by atoms with Crippen molar-refractivity contribution >= 4 is 55.7 Å². The van der Waals surface area contributed by atoms with Crippen molar-refractivity contribution in [1.82, 2.24) is 14.4 Å². The summed E-state index contributed by atoms with van der Waals surface area (Å²) in [6.07, 6.45) is 6.45. The zero-order valence-corrected chi connectivity index (χ0v) is 21.1. The van der Waals surface area contributed by atoms with Crippen molar-refractivity contribution in [3.63, 3.8) is 0 Å². The summed E-state index contributed by atoms with van der Waals surface area (Å²) in [6, 6.07) is 14.8. The van der Waals surface area contributed by atoms with Crippen molar-refractivity contribution in [1.29, 1.82) is 0 Å². The summed E-state index contributed by atoms with van der Waals surface area (Å²) in [5.41, 5.74) is 9.55. The van der Waals surface area contributed by atoms with Gasteiger partial charge in [0.25, 0.3) is 5.91 Å². The number of anilines is 4. The van der Waals surface area contributed by atoms with Gasteiger partial charge in [-0.2, -0.15) is 0 Å². The Morgan fingerprint density at radius 3 is 2.89 bits per heavy atom. The van der Waals surface area contributed by atoms with Crippen LogP contribution in [0.25, 0.3) is 17.0 Å². The highest BCUT2D eigenvalue weighted by molar-refractivity contribution is 7.19. The number of ether oxygens (including phenoxy) is 1. The Morgan fingerprint density at radius 1 is 1.19 bits per heavy atom. The number of amides is 1. The molecule has 1 aliphatic rings. The monoisotopic (exact) mass is 516 g/mol. The zero-order valence-electron chi connectivity index (χ0n) is 19.5. The highest BCUT2D eigenvalue weighted by Gasteiger charge is 2.30. The van der Waals surface area contributed by atoms with Crippen LogP contribution < -0.4 is 21.1 Å². The van der Waals surface area contributed by atoms with Crippen molar-refractivity contribution in [3.8, 4) is 17.1 Å². The number of benzene rings is 1. The molecule has 10 heteroatoms. The molecule has 1 unspecified atom stereocenters. The third-order valence-corrected chi connectivity index (χ3v) is 7.89. The number of fused-ring (bicyclic) bond motifs is 1. The summed E-state index contributed by atoms with van der Waals surface area (Å²) in [6.45, 7) is 2.13. The molecule has 1 saturated carbocycles. The summed E-state index contributed by atoms with van der Waals surface area (Å²) < 4.78 is 8.21.